The van der Waals surface area contributed by atoms with E-state index in [4.69, 9.17) is 0 Å². The highest BCUT2D eigenvalue weighted by molar-refractivity contribution is 5.99. The number of anilines is 1. The number of nitrogens with one attached hydrogen (secondary N) is 1. The average molecular weight is 249 g/mol. The molecule has 0 aliphatic carbocycles. The van der Waals surface area contributed by atoms with Gasteiger partial charge in [0.2, 0.25) is 0 Å². The van der Waals surface area contributed by atoms with Gasteiger partial charge in [0.15, 0.2) is 0 Å². The molecule has 0 aliphatic heterocycles. The highest BCUT2D eigenvalue weighted by Gasteiger charge is 2.02. The van der Waals surface area contributed by atoms with Gasteiger partial charge in [0.05, 0.1) is 11.9 Å². The van der Waals surface area contributed by atoms with E-state index in [9.17, 15) is 0 Å². The van der Waals surface area contributed by atoms with Gasteiger partial charge in [-0.1, -0.05) is 36.4 Å². The number of hydrogen-bond donors (Lipinski definition) is 1. The molecule has 1 aromatic heterocycles. The molecule has 0 radical (unpaired) electrons. The second-order valence-electron chi connectivity index (χ2n) is 4.45. The maximum Gasteiger partial charge on any atom is 0.0566 e. The molecule has 1 heterocycles. The van der Waals surface area contributed by atoms with Crippen LogP contribution in [0, 0.1) is 0 Å². The van der Waals surface area contributed by atoms with Crippen LogP contribution in [0.5, 0.6) is 0 Å². The zero-order chi connectivity index (χ0) is 13.1. The van der Waals surface area contributed by atoms with Crippen LogP contribution in [0.1, 0.15) is 5.56 Å². The molecule has 3 aromatic rings. The fraction of sp³-hybridized carbons (Fsp3) is 0.0625. The summed E-state index contributed by atoms with van der Waals surface area (Å²) in [6.45, 7) is 0. The number of nitrogens with zero attached hydrogens (tertiary/aromatic N) is 2. The van der Waals surface area contributed by atoms with Crippen LogP contribution >= 0.6 is 0 Å². The Balaban J connectivity index is 1.86. The van der Waals surface area contributed by atoms with Crippen molar-refractivity contribution in [1.29, 1.82) is 0 Å². The second kappa shape index (κ2) is 4.98. The minimum absolute atomic E-state index is 0.985. The molecule has 0 unspecified atom stereocenters. The minimum atomic E-state index is 0.985. The SMILES string of the molecule is Cn1cc(/C=N\Nc2ccccc2)c2ccccc21. The van der Waals surface area contributed by atoms with Gasteiger partial charge in [-0.15, -0.1) is 0 Å². The first kappa shape index (κ1) is 11.5. The summed E-state index contributed by atoms with van der Waals surface area (Å²) in [6, 6.07) is 18.2. The number of rotatable bonds is 3. The predicted octanol–water partition coefficient (Wildman–Crippen LogP) is 3.62. The van der Waals surface area contributed by atoms with E-state index in [1.165, 1.54) is 10.9 Å². The van der Waals surface area contributed by atoms with Crippen molar-refractivity contribution < 1.29 is 0 Å². The van der Waals surface area contributed by atoms with E-state index in [1.54, 1.807) is 0 Å². The maximum atomic E-state index is 4.29. The lowest BCUT2D eigenvalue weighted by molar-refractivity contribution is 0.968. The molecule has 3 rings (SSSR count). The quantitative estimate of drug-likeness (QED) is 0.557. The monoisotopic (exact) mass is 249 g/mol. The highest BCUT2D eigenvalue weighted by Crippen LogP contribution is 2.18. The summed E-state index contributed by atoms with van der Waals surface area (Å²) in [5.41, 5.74) is 6.34. The summed E-state index contributed by atoms with van der Waals surface area (Å²) in [7, 11) is 2.05. The topological polar surface area (TPSA) is 29.3 Å². The van der Waals surface area contributed by atoms with E-state index in [1.807, 2.05) is 55.7 Å². The van der Waals surface area contributed by atoms with E-state index in [0.717, 1.165) is 11.3 Å². The normalized spacial score (nSPS) is 11.2. The number of hydrogen-bond acceptors (Lipinski definition) is 2. The molecule has 2 aromatic carbocycles. The van der Waals surface area contributed by atoms with Crippen LogP contribution in [-0.2, 0) is 7.05 Å². The van der Waals surface area contributed by atoms with Crippen LogP contribution < -0.4 is 5.43 Å². The van der Waals surface area contributed by atoms with Crippen molar-refractivity contribution in [1.82, 2.24) is 4.57 Å². The Morgan fingerprint density at radius 1 is 1.00 bits per heavy atom. The van der Waals surface area contributed by atoms with Crippen molar-refractivity contribution in [2.24, 2.45) is 12.1 Å². The maximum absolute atomic E-state index is 4.29. The molecule has 0 amide bonds. The van der Waals surface area contributed by atoms with E-state index in [0.29, 0.717) is 0 Å². The van der Waals surface area contributed by atoms with Gasteiger partial charge in [0, 0.05) is 29.7 Å². The third-order valence-corrected chi connectivity index (χ3v) is 3.10. The summed E-state index contributed by atoms with van der Waals surface area (Å²) in [4.78, 5) is 0. The summed E-state index contributed by atoms with van der Waals surface area (Å²) in [5, 5.41) is 5.50. The van der Waals surface area contributed by atoms with Crippen molar-refractivity contribution in [3.05, 3.63) is 66.4 Å². The molecule has 0 fully saturated rings. The largest absolute Gasteiger partial charge is 0.350 e. The Morgan fingerprint density at radius 2 is 1.74 bits per heavy atom. The number of fused-ring (bicyclic) bond motifs is 1. The third-order valence-electron chi connectivity index (χ3n) is 3.10. The van der Waals surface area contributed by atoms with Gasteiger partial charge in [-0.25, -0.2) is 0 Å². The van der Waals surface area contributed by atoms with Crippen LogP contribution in [0.2, 0.25) is 0 Å². The van der Waals surface area contributed by atoms with Gasteiger partial charge in [0.1, 0.15) is 0 Å². The van der Waals surface area contributed by atoms with Crippen LogP contribution in [0.3, 0.4) is 0 Å². The third kappa shape index (κ3) is 2.36. The molecule has 19 heavy (non-hydrogen) atoms. The molecule has 1 N–H and O–H groups in total. The average Bonchev–Trinajstić information content (AvgIpc) is 2.78. The lowest BCUT2D eigenvalue weighted by atomic mass is 10.2. The molecule has 94 valence electrons. The predicted molar refractivity (Wildman–Crippen MR) is 80.6 cm³/mol. The molecule has 0 spiro atoms. The van der Waals surface area contributed by atoms with Gasteiger partial charge < -0.3 is 4.57 Å². The van der Waals surface area contributed by atoms with Gasteiger partial charge >= 0.3 is 0 Å². The lowest BCUT2D eigenvalue weighted by Crippen LogP contribution is -1.89. The first-order chi connectivity index (χ1) is 9.34. The van der Waals surface area contributed by atoms with Crippen molar-refractivity contribution >= 4 is 22.8 Å². The van der Waals surface area contributed by atoms with E-state index in [-0.39, 0.29) is 0 Å². The standard InChI is InChI=1S/C16H15N3/c1-19-12-13(15-9-5-6-10-16(15)19)11-17-18-14-7-3-2-4-8-14/h2-12,18H,1H3/b17-11-. The van der Waals surface area contributed by atoms with Crippen LogP contribution in [0.15, 0.2) is 65.9 Å². The van der Waals surface area contributed by atoms with Crippen LogP contribution in [0.25, 0.3) is 10.9 Å². The second-order valence-corrected chi connectivity index (χ2v) is 4.45. The number of benzene rings is 2. The van der Waals surface area contributed by atoms with Crippen LogP contribution in [0.4, 0.5) is 5.69 Å². The van der Waals surface area contributed by atoms with Gasteiger partial charge in [0.25, 0.3) is 0 Å². The number of aryl methyl sites for hydroxylation is 1. The molecule has 0 saturated heterocycles. The number of hydrazone groups is 1. The van der Waals surface area contributed by atoms with Crippen molar-refractivity contribution in [3.63, 3.8) is 0 Å². The zero-order valence-corrected chi connectivity index (χ0v) is 10.7. The lowest BCUT2D eigenvalue weighted by Gasteiger charge is -1.97. The van der Waals surface area contributed by atoms with E-state index >= 15 is 0 Å². The Labute approximate surface area is 112 Å². The molecule has 3 nitrogen and oxygen atoms in total. The summed E-state index contributed by atoms with van der Waals surface area (Å²) in [5.74, 6) is 0. The Bertz CT molecular complexity index is 711. The van der Waals surface area contributed by atoms with Crippen molar-refractivity contribution in [3.8, 4) is 0 Å². The van der Waals surface area contributed by atoms with Crippen molar-refractivity contribution in [2.75, 3.05) is 5.43 Å². The fourth-order valence-electron chi connectivity index (χ4n) is 2.16. The smallest absolute Gasteiger partial charge is 0.0566 e. The molecule has 0 aliphatic rings. The molecule has 0 atom stereocenters. The zero-order valence-electron chi connectivity index (χ0n) is 10.7. The molecule has 0 bridgehead atoms. The van der Waals surface area contributed by atoms with E-state index in [2.05, 4.69) is 33.4 Å². The number of aromatic nitrogens is 1. The first-order valence-corrected chi connectivity index (χ1v) is 6.23. The molecule has 0 saturated carbocycles. The summed E-state index contributed by atoms with van der Waals surface area (Å²) < 4.78 is 2.11. The van der Waals surface area contributed by atoms with Gasteiger partial charge in [-0.05, 0) is 18.2 Å². The van der Waals surface area contributed by atoms with Crippen molar-refractivity contribution in [2.45, 2.75) is 0 Å². The summed E-state index contributed by atoms with van der Waals surface area (Å²) in [6.07, 6.45) is 3.94. The van der Waals surface area contributed by atoms with Gasteiger partial charge in [-0.3, -0.25) is 5.43 Å². The molecular formula is C16H15N3. The minimum Gasteiger partial charge on any atom is -0.350 e. The first-order valence-electron chi connectivity index (χ1n) is 6.23. The van der Waals surface area contributed by atoms with Gasteiger partial charge in [-0.2, -0.15) is 5.10 Å². The fourth-order valence-corrected chi connectivity index (χ4v) is 2.16. The molecular weight excluding hydrogens is 234 g/mol. The van der Waals surface area contributed by atoms with E-state index < -0.39 is 0 Å². The summed E-state index contributed by atoms with van der Waals surface area (Å²) >= 11 is 0. The Hall–Kier alpha value is -2.55. The Kier molecular flexibility index (Phi) is 3.02. The number of para-hydroxylation sites is 2. The Morgan fingerprint density at radius 3 is 2.58 bits per heavy atom. The van der Waals surface area contributed by atoms with Crippen LogP contribution in [-0.4, -0.2) is 10.8 Å². The molecule has 3 heteroatoms. The highest BCUT2D eigenvalue weighted by atomic mass is 15.3.